The van der Waals surface area contributed by atoms with Crippen molar-refractivity contribution in [3.8, 4) is 0 Å². The number of carbonyl (C=O) groups is 3. The van der Waals surface area contributed by atoms with Gasteiger partial charge < -0.3 is 49.0 Å². The van der Waals surface area contributed by atoms with Crippen LogP contribution in [0.4, 0.5) is 0 Å². The van der Waals surface area contributed by atoms with Gasteiger partial charge in [-0.15, -0.1) is 9.18 Å². The van der Waals surface area contributed by atoms with Crippen molar-refractivity contribution in [2.75, 3.05) is 93.7 Å². The first-order valence-electron chi connectivity index (χ1n) is 20.9. The molecule has 6 unspecified atom stereocenters. The van der Waals surface area contributed by atoms with E-state index in [9.17, 15) is 14.4 Å². The second-order valence-corrected chi connectivity index (χ2v) is 13.6. The molecule has 13 nitrogen and oxygen atoms in total. The monoisotopic (exact) mass is 875 g/mol. The molecule has 0 aromatic rings. The SMILES string of the molecule is CB=S.CCCCOCC(C)O.CCCCOCC(C)O.CCN1CCCC1=O.CN1CCCC1=O.CN1CCCC1=O.COC(C)COCC(C)O.[2H]PC.[B]P. The van der Waals surface area contributed by atoms with Crippen LogP contribution in [0.3, 0.4) is 0 Å². The van der Waals surface area contributed by atoms with E-state index < -0.39 is 0 Å². The Morgan fingerprint density at radius 2 is 1.07 bits per heavy atom. The van der Waals surface area contributed by atoms with Crippen molar-refractivity contribution in [1.29, 1.82) is 1.28 Å². The van der Waals surface area contributed by atoms with Crippen molar-refractivity contribution in [3.63, 3.8) is 0 Å². The van der Waals surface area contributed by atoms with Crippen molar-refractivity contribution < 1.29 is 48.7 Å². The van der Waals surface area contributed by atoms with E-state index in [-0.39, 0.29) is 24.4 Å². The molecule has 3 rings (SSSR count). The molecule has 3 saturated heterocycles. The third kappa shape index (κ3) is 59.7. The van der Waals surface area contributed by atoms with Gasteiger partial charge in [0.25, 0.3) is 0 Å². The number of methoxy groups -OCH3 is 1. The van der Waals surface area contributed by atoms with E-state index in [1.165, 1.54) is 0 Å². The maximum atomic E-state index is 10.7. The number of ether oxygens (including phenoxy) is 4. The molecule has 340 valence electrons. The van der Waals surface area contributed by atoms with Gasteiger partial charge in [0.15, 0.2) is 0 Å². The van der Waals surface area contributed by atoms with Gasteiger partial charge in [-0.1, -0.05) is 33.4 Å². The zero-order chi connectivity index (χ0) is 46.2. The smallest absolute Gasteiger partial charge is 0.222 e. The maximum Gasteiger partial charge on any atom is 0.222 e. The van der Waals surface area contributed by atoms with Crippen LogP contribution in [0.25, 0.3) is 0 Å². The molecule has 0 bridgehead atoms. The summed E-state index contributed by atoms with van der Waals surface area (Å²) in [5, 5.41) is 26.2. The minimum absolute atomic E-state index is 0.110. The predicted molar refractivity (Wildman–Crippen MR) is 249 cm³/mol. The van der Waals surface area contributed by atoms with Crippen LogP contribution in [0, 0.1) is 0 Å². The summed E-state index contributed by atoms with van der Waals surface area (Å²) in [5.74, 6) is 0.910. The Morgan fingerprint density at radius 1 is 0.737 bits per heavy atom. The minimum Gasteiger partial charge on any atom is -0.391 e. The van der Waals surface area contributed by atoms with E-state index in [4.69, 9.17) is 35.5 Å². The molecule has 3 heterocycles. The normalized spacial score (nSPS) is 16.1. The summed E-state index contributed by atoms with van der Waals surface area (Å²) in [7, 11) is 12.0. The van der Waals surface area contributed by atoms with E-state index in [2.05, 4.69) is 33.5 Å². The molecule has 0 aromatic carbocycles. The number of aliphatic hydroxyl groups is 3. The summed E-state index contributed by atoms with van der Waals surface area (Å²) >= 11 is 4.27. The molecule has 3 amide bonds. The Balaban J connectivity index is -0.000000135. The summed E-state index contributed by atoms with van der Waals surface area (Å²) in [6.07, 6.45) is 10.6. The van der Waals surface area contributed by atoms with E-state index in [0.717, 1.165) is 104 Å². The largest absolute Gasteiger partial charge is 0.391 e. The predicted octanol–water partition coefficient (Wildman–Crippen LogP) is 5.18. The number of rotatable bonds is 16. The first-order chi connectivity index (χ1) is 27.5. The fourth-order valence-electron chi connectivity index (χ4n) is 4.08. The number of amides is 3. The molecule has 3 aliphatic rings. The zero-order valence-corrected chi connectivity index (χ0v) is 41.1. The Kier molecular flexibility index (Phi) is 63.6. The maximum absolute atomic E-state index is 10.7. The number of carbonyl (C=O) groups excluding carboxylic acids is 3. The van der Waals surface area contributed by atoms with Crippen LogP contribution in [-0.4, -0.2) is 181 Å². The third-order valence-electron chi connectivity index (χ3n) is 7.29. The quantitative estimate of drug-likeness (QED) is 0.107. The number of aliphatic hydroxyl groups excluding tert-OH is 3. The number of hydrogen-bond acceptors (Lipinski definition) is 11. The van der Waals surface area contributed by atoms with E-state index in [1.807, 2.05) is 55.4 Å². The first kappa shape index (κ1) is 65.5. The second kappa shape index (κ2) is 55.3. The van der Waals surface area contributed by atoms with Crippen molar-refractivity contribution in [2.45, 2.75) is 144 Å². The Hall–Kier alpha value is -0.660. The average molecular weight is 875 g/mol. The first-order valence-corrected chi connectivity index (χ1v) is 22.5. The second-order valence-electron chi connectivity index (χ2n) is 13.1. The molecule has 18 heteroatoms. The van der Waals surface area contributed by atoms with E-state index in [0.29, 0.717) is 53.3 Å². The van der Waals surface area contributed by atoms with Gasteiger partial charge >= 0.3 is 25.0 Å². The van der Waals surface area contributed by atoms with Crippen molar-refractivity contribution >= 4 is 61.8 Å². The fourth-order valence-corrected chi connectivity index (χ4v) is 4.08. The Bertz CT molecular complexity index is 845. The standard InChI is InChI=1S/C7H16O3.2C7H16O2.C6H11NO.2C5H9NO.CH3BS.CH5P.BH2P/c1-6(8)4-10-5-7(2)9-3;2*1-3-4-5-9-6-7(2)8;1-2-7-5-3-4-6(7)8;2*1-6-4-2-3-5(6)7;1-2-3;2*1-2/h6-8H,4-5H2,1-3H3;2*7-8H,3-6H2,1-2H3;2-5H2,1H3;2*2-4H2,1H3;1H3;2H2,1H3;2H2/i;;;;;;;2D;. The van der Waals surface area contributed by atoms with Crippen molar-refractivity contribution in [2.24, 2.45) is 0 Å². The molecule has 0 spiro atoms. The minimum atomic E-state index is -0.385. The summed E-state index contributed by atoms with van der Waals surface area (Å²) < 4.78 is 26.4. The Labute approximate surface area is 363 Å². The molecular formula is C39H87B2N3O10P2S. The van der Waals surface area contributed by atoms with Crippen LogP contribution in [0.2, 0.25) is 6.82 Å². The molecule has 3 fully saturated rings. The van der Waals surface area contributed by atoms with Gasteiger partial charge in [0.2, 0.25) is 17.7 Å². The number of hydrogen-bond donors (Lipinski definition) is 3. The summed E-state index contributed by atoms with van der Waals surface area (Å²) in [4.78, 5) is 37.1. The number of nitrogens with zero attached hydrogens (tertiary/aromatic N) is 3. The summed E-state index contributed by atoms with van der Waals surface area (Å²) in [6.45, 7) is 24.2. The van der Waals surface area contributed by atoms with E-state index >= 15 is 0 Å². The molecule has 6 atom stereocenters. The van der Waals surface area contributed by atoms with Gasteiger partial charge in [-0.05, 0) is 66.7 Å². The van der Waals surface area contributed by atoms with Crippen LogP contribution in [0.5, 0.6) is 0 Å². The van der Waals surface area contributed by atoms with E-state index in [1.54, 1.807) is 43.8 Å². The summed E-state index contributed by atoms with van der Waals surface area (Å²) in [6, 6.07) is 0. The van der Waals surface area contributed by atoms with Gasteiger partial charge in [-0.3, -0.25) is 14.4 Å². The molecule has 3 N–H and O–H groups in total. The summed E-state index contributed by atoms with van der Waals surface area (Å²) in [5.41, 5.74) is 0. The van der Waals surface area contributed by atoms with Crippen molar-refractivity contribution in [3.05, 3.63) is 0 Å². The van der Waals surface area contributed by atoms with Crippen LogP contribution in [0.1, 0.15) is 113 Å². The molecular weight excluding hydrogens is 786 g/mol. The van der Waals surface area contributed by atoms with Crippen LogP contribution < -0.4 is 0 Å². The number of likely N-dealkylation sites (tertiary alicyclic amines) is 3. The zero-order valence-electron chi connectivity index (χ0n) is 39.1. The molecule has 57 heavy (non-hydrogen) atoms. The molecule has 0 saturated carbocycles. The van der Waals surface area contributed by atoms with Gasteiger partial charge in [-0.2, -0.15) is 9.12 Å². The Morgan fingerprint density at radius 3 is 1.26 bits per heavy atom. The van der Waals surface area contributed by atoms with Gasteiger partial charge in [0, 0.05) is 79.9 Å². The van der Waals surface area contributed by atoms with Gasteiger partial charge in [-0.25, -0.2) is 0 Å². The third-order valence-corrected chi connectivity index (χ3v) is 7.29. The molecule has 2 radical (unpaired) electrons. The molecule has 3 aliphatic heterocycles. The topological polar surface area (TPSA) is 159 Å². The van der Waals surface area contributed by atoms with Gasteiger partial charge in [0.05, 0.1) is 59.7 Å². The van der Waals surface area contributed by atoms with Crippen LogP contribution in [-0.2, 0) is 33.3 Å². The molecule has 0 aromatic heterocycles. The average Bonchev–Trinajstić information content (AvgIpc) is 3.90. The fraction of sp³-hybridized carbons (Fsp3) is 0.923. The van der Waals surface area contributed by atoms with Crippen LogP contribution >= 0.6 is 30.4 Å². The van der Waals surface area contributed by atoms with Crippen molar-refractivity contribution in [1.82, 2.24) is 14.7 Å². The molecule has 0 aliphatic carbocycles. The van der Waals surface area contributed by atoms with Gasteiger partial charge in [0.1, 0.15) is 0 Å². The van der Waals surface area contributed by atoms with Crippen LogP contribution in [0.15, 0.2) is 0 Å². The number of unbranched alkanes of at least 4 members (excludes halogenated alkanes) is 2.